The number of aromatic nitrogens is 4. The molecule has 18 heavy (non-hydrogen) atoms. The van der Waals surface area contributed by atoms with Gasteiger partial charge in [-0.1, -0.05) is 6.92 Å². The molecule has 2 atom stereocenters. The first-order chi connectivity index (χ1) is 8.65. The Labute approximate surface area is 103 Å². The lowest BCUT2D eigenvalue weighted by molar-refractivity contribution is 0.102. The average Bonchev–Trinajstić information content (AvgIpc) is 2.74. The Morgan fingerprint density at radius 1 is 1.56 bits per heavy atom. The van der Waals surface area contributed by atoms with Crippen LogP contribution in [0.1, 0.15) is 13.3 Å². The molecule has 0 radical (unpaired) electrons. The first-order valence-corrected chi connectivity index (χ1v) is 6.01. The topological polar surface area (TPSA) is 86.5 Å². The minimum Gasteiger partial charge on any atom is -0.391 e. The van der Waals surface area contributed by atoms with Crippen LogP contribution in [0.2, 0.25) is 0 Å². The molecule has 0 aliphatic carbocycles. The molecular weight excluding hydrogens is 234 g/mol. The number of hydrogen-bond acceptors (Lipinski definition) is 5. The Bertz CT molecular complexity index is 619. The van der Waals surface area contributed by atoms with Gasteiger partial charge < -0.3 is 10.0 Å². The molecule has 0 amide bonds. The van der Waals surface area contributed by atoms with Crippen molar-refractivity contribution in [3.63, 3.8) is 0 Å². The van der Waals surface area contributed by atoms with Gasteiger partial charge in [0.05, 0.1) is 6.10 Å². The van der Waals surface area contributed by atoms with E-state index in [-0.39, 0.29) is 11.8 Å². The van der Waals surface area contributed by atoms with Gasteiger partial charge in [0.25, 0.3) is 0 Å². The van der Waals surface area contributed by atoms with Gasteiger partial charge in [-0.25, -0.2) is 19.3 Å². The van der Waals surface area contributed by atoms with Crippen molar-refractivity contribution in [3.8, 4) is 0 Å². The molecule has 96 valence electrons. The van der Waals surface area contributed by atoms with E-state index in [1.165, 1.54) is 10.7 Å². The van der Waals surface area contributed by atoms with Crippen LogP contribution < -0.4 is 10.6 Å². The molecule has 2 N–H and O–H groups in total. The first-order valence-electron chi connectivity index (χ1n) is 6.01. The SMILES string of the molecule is CC1CCN(c2cc3n[nH]c(=O)n3cn2)CC1O. The van der Waals surface area contributed by atoms with Gasteiger partial charge >= 0.3 is 5.69 Å². The van der Waals surface area contributed by atoms with Gasteiger partial charge in [-0.05, 0) is 12.3 Å². The highest BCUT2D eigenvalue weighted by molar-refractivity contribution is 5.50. The molecule has 1 fully saturated rings. The maximum Gasteiger partial charge on any atom is 0.348 e. The van der Waals surface area contributed by atoms with E-state index in [0.29, 0.717) is 18.1 Å². The smallest absolute Gasteiger partial charge is 0.348 e. The summed E-state index contributed by atoms with van der Waals surface area (Å²) < 4.78 is 1.35. The summed E-state index contributed by atoms with van der Waals surface area (Å²) in [6.07, 6.45) is 2.06. The average molecular weight is 249 g/mol. The lowest BCUT2D eigenvalue weighted by Crippen LogP contribution is -2.43. The van der Waals surface area contributed by atoms with E-state index in [0.717, 1.165) is 18.8 Å². The van der Waals surface area contributed by atoms with Gasteiger partial charge in [0.2, 0.25) is 0 Å². The van der Waals surface area contributed by atoms with Crippen molar-refractivity contribution in [2.75, 3.05) is 18.0 Å². The Hall–Kier alpha value is -1.89. The standard InChI is InChI=1S/C11H15N5O2/c1-7-2-3-15(5-8(7)17)9-4-10-13-14-11(18)16(10)6-12-9/h4,6-8,17H,2-3,5H2,1H3,(H,14,18). The lowest BCUT2D eigenvalue weighted by atomic mass is 9.96. The second-order valence-corrected chi connectivity index (χ2v) is 4.78. The van der Waals surface area contributed by atoms with Gasteiger partial charge in [0, 0.05) is 19.2 Å². The molecule has 0 saturated carbocycles. The van der Waals surface area contributed by atoms with E-state index in [4.69, 9.17) is 0 Å². The fourth-order valence-corrected chi connectivity index (χ4v) is 2.23. The quantitative estimate of drug-likeness (QED) is 0.719. The fraction of sp³-hybridized carbons (Fsp3) is 0.545. The number of hydrogen-bond donors (Lipinski definition) is 2. The number of β-amino-alcohol motifs (C(OH)–C–C–N with tert-alkyl or cyclic N) is 1. The molecule has 7 heteroatoms. The zero-order valence-corrected chi connectivity index (χ0v) is 10.1. The monoisotopic (exact) mass is 249 g/mol. The van der Waals surface area contributed by atoms with Crippen LogP contribution in [-0.4, -0.2) is 43.9 Å². The molecule has 3 rings (SSSR count). The summed E-state index contributed by atoms with van der Waals surface area (Å²) in [5.74, 6) is 1.06. The van der Waals surface area contributed by atoms with E-state index >= 15 is 0 Å². The van der Waals surface area contributed by atoms with Crippen molar-refractivity contribution in [2.45, 2.75) is 19.4 Å². The van der Waals surface area contributed by atoms with Crippen LogP contribution in [-0.2, 0) is 0 Å². The Morgan fingerprint density at radius 2 is 2.39 bits per heavy atom. The van der Waals surface area contributed by atoms with Gasteiger partial charge in [-0.3, -0.25) is 0 Å². The molecule has 0 aromatic carbocycles. The van der Waals surface area contributed by atoms with Crippen molar-refractivity contribution >= 4 is 11.5 Å². The number of nitrogens with one attached hydrogen (secondary N) is 1. The lowest BCUT2D eigenvalue weighted by Gasteiger charge is -2.34. The number of nitrogens with zero attached hydrogens (tertiary/aromatic N) is 4. The van der Waals surface area contributed by atoms with Crippen LogP contribution in [0.5, 0.6) is 0 Å². The number of piperidine rings is 1. The second kappa shape index (κ2) is 4.09. The van der Waals surface area contributed by atoms with Crippen molar-refractivity contribution < 1.29 is 5.11 Å². The normalized spacial score (nSPS) is 24.7. The number of aliphatic hydroxyl groups is 1. The van der Waals surface area contributed by atoms with Crippen LogP contribution in [0.25, 0.3) is 5.65 Å². The maximum atomic E-state index is 11.3. The molecule has 1 saturated heterocycles. The Balaban J connectivity index is 1.92. The van der Waals surface area contributed by atoms with E-state index in [9.17, 15) is 9.90 Å². The van der Waals surface area contributed by atoms with Gasteiger partial charge in [-0.2, -0.15) is 5.10 Å². The fourth-order valence-electron chi connectivity index (χ4n) is 2.23. The summed E-state index contributed by atoms with van der Waals surface area (Å²) in [7, 11) is 0. The third-order valence-electron chi connectivity index (χ3n) is 3.54. The second-order valence-electron chi connectivity index (χ2n) is 4.78. The third kappa shape index (κ3) is 1.76. The maximum absolute atomic E-state index is 11.3. The van der Waals surface area contributed by atoms with E-state index in [1.54, 1.807) is 6.07 Å². The predicted molar refractivity (Wildman–Crippen MR) is 65.6 cm³/mol. The Morgan fingerprint density at radius 3 is 3.17 bits per heavy atom. The van der Waals surface area contributed by atoms with Crippen molar-refractivity contribution in [1.29, 1.82) is 0 Å². The molecular formula is C11H15N5O2. The van der Waals surface area contributed by atoms with Crippen LogP contribution in [0.15, 0.2) is 17.2 Å². The molecule has 2 aromatic heterocycles. The molecule has 2 unspecified atom stereocenters. The van der Waals surface area contributed by atoms with Gasteiger partial charge in [0.15, 0.2) is 5.65 Å². The number of aliphatic hydroxyl groups excluding tert-OH is 1. The number of H-pyrrole nitrogens is 1. The highest BCUT2D eigenvalue weighted by atomic mass is 16.3. The number of anilines is 1. The molecule has 7 nitrogen and oxygen atoms in total. The third-order valence-corrected chi connectivity index (χ3v) is 3.54. The molecule has 2 aromatic rings. The highest BCUT2D eigenvalue weighted by Gasteiger charge is 2.25. The molecule has 3 heterocycles. The molecule has 0 spiro atoms. The van der Waals surface area contributed by atoms with Crippen molar-refractivity contribution in [2.24, 2.45) is 5.92 Å². The predicted octanol–water partition coefficient (Wildman–Crippen LogP) is -0.375. The largest absolute Gasteiger partial charge is 0.391 e. The zero-order valence-electron chi connectivity index (χ0n) is 10.1. The summed E-state index contributed by atoms with van der Waals surface area (Å²) in [4.78, 5) is 17.6. The van der Waals surface area contributed by atoms with Crippen molar-refractivity contribution in [3.05, 3.63) is 22.9 Å². The summed E-state index contributed by atoms with van der Waals surface area (Å²) in [6.45, 7) is 3.47. The Kier molecular flexibility index (Phi) is 2.55. The van der Waals surface area contributed by atoms with E-state index in [1.807, 2.05) is 11.8 Å². The minimum atomic E-state index is -0.335. The van der Waals surface area contributed by atoms with Crippen LogP contribution >= 0.6 is 0 Å². The van der Waals surface area contributed by atoms with Crippen molar-refractivity contribution in [1.82, 2.24) is 19.6 Å². The summed E-state index contributed by atoms with van der Waals surface area (Å²) >= 11 is 0. The number of aromatic amines is 1. The number of fused-ring (bicyclic) bond motifs is 1. The first kappa shape index (κ1) is 11.2. The molecule has 1 aliphatic heterocycles. The molecule has 1 aliphatic rings. The van der Waals surface area contributed by atoms with Crippen LogP contribution in [0.3, 0.4) is 0 Å². The van der Waals surface area contributed by atoms with Crippen LogP contribution in [0, 0.1) is 5.92 Å². The van der Waals surface area contributed by atoms with Gasteiger partial charge in [-0.15, -0.1) is 0 Å². The highest BCUT2D eigenvalue weighted by Crippen LogP contribution is 2.21. The zero-order chi connectivity index (χ0) is 12.7. The van der Waals surface area contributed by atoms with Crippen LogP contribution in [0.4, 0.5) is 5.82 Å². The summed E-state index contributed by atoms with van der Waals surface area (Å²) in [5, 5.41) is 16.2. The van der Waals surface area contributed by atoms with E-state index < -0.39 is 0 Å². The molecule has 0 bridgehead atoms. The summed E-state index contributed by atoms with van der Waals surface area (Å²) in [6, 6.07) is 1.75. The van der Waals surface area contributed by atoms with Gasteiger partial charge in [0.1, 0.15) is 12.1 Å². The number of rotatable bonds is 1. The minimum absolute atomic E-state index is 0.295. The summed E-state index contributed by atoms with van der Waals surface area (Å²) in [5.41, 5.74) is 0.245. The van der Waals surface area contributed by atoms with E-state index in [2.05, 4.69) is 15.2 Å².